The molecule has 82 valence electrons. The van der Waals surface area contributed by atoms with Crippen LogP contribution < -0.4 is 11.1 Å². The molecule has 3 N–H and O–H groups in total. The highest BCUT2D eigenvalue weighted by Crippen LogP contribution is 2.19. The Bertz CT molecular complexity index is 495. The van der Waals surface area contributed by atoms with Crippen molar-refractivity contribution in [1.82, 2.24) is 0 Å². The van der Waals surface area contributed by atoms with Crippen molar-refractivity contribution in [2.24, 2.45) is 0 Å². The quantitative estimate of drug-likeness (QED) is 0.762. The van der Waals surface area contributed by atoms with Gasteiger partial charge in [0.2, 0.25) is 0 Å². The van der Waals surface area contributed by atoms with Crippen LogP contribution in [0.15, 0.2) is 42.5 Å². The fourth-order valence-corrected chi connectivity index (χ4v) is 1.31. The molecule has 2 aromatic carbocycles. The van der Waals surface area contributed by atoms with Gasteiger partial charge in [-0.3, -0.25) is 0 Å². The van der Waals surface area contributed by atoms with Crippen LogP contribution in [0.3, 0.4) is 0 Å². The molecule has 16 heavy (non-hydrogen) atoms. The molecule has 0 fully saturated rings. The second-order valence-electron chi connectivity index (χ2n) is 3.38. The van der Waals surface area contributed by atoms with Crippen LogP contribution >= 0.6 is 0 Å². The molecule has 0 amide bonds. The molecular formula is C12H10F2N2. The topological polar surface area (TPSA) is 38.0 Å². The predicted octanol–water partition coefficient (Wildman–Crippen LogP) is 3.29. The van der Waals surface area contributed by atoms with E-state index < -0.39 is 11.6 Å². The SMILES string of the molecule is Nc1ccc(Nc2ccc(F)c(F)c2)cc1. The van der Waals surface area contributed by atoms with Gasteiger partial charge in [-0.25, -0.2) is 8.78 Å². The molecule has 0 aliphatic rings. The largest absolute Gasteiger partial charge is 0.399 e. The van der Waals surface area contributed by atoms with E-state index in [1.54, 1.807) is 24.3 Å². The van der Waals surface area contributed by atoms with Gasteiger partial charge in [-0.1, -0.05) is 0 Å². The van der Waals surface area contributed by atoms with Crippen LogP contribution in [0.1, 0.15) is 0 Å². The Balaban J connectivity index is 2.20. The number of benzene rings is 2. The van der Waals surface area contributed by atoms with Crippen molar-refractivity contribution in [2.75, 3.05) is 11.1 Å². The van der Waals surface area contributed by atoms with Crippen LogP contribution in [-0.2, 0) is 0 Å². The van der Waals surface area contributed by atoms with Gasteiger partial charge in [-0.2, -0.15) is 0 Å². The minimum absolute atomic E-state index is 0.490. The number of nitrogens with one attached hydrogen (secondary N) is 1. The normalized spacial score (nSPS) is 10.1. The number of anilines is 3. The maximum atomic E-state index is 12.9. The van der Waals surface area contributed by atoms with Crippen molar-refractivity contribution in [1.29, 1.82) is 0 Å². The summed E-state index contributed by atoms with van der Waals surface area (Å²) in [5, 5.41) is 2.94. The average molecular weight is 220 g/mol. The molecule has 2 rings (SSSR count). The van der Waals surface area contributed by atoms with E-state index in [0.29, 0.717) is 11.4 Å². The van der Waals surface area contributed by atoms with Gasteiger partial charge in [-0.05, 0) is 36.4 Å². The molecule has 4 heteroatoms. The lowest BCUT2D eigenvalue weighted by molar-refractivity contribution is 0.509. The molecule has 0 atom stereocenters. The van der Waals surface area contributed by atoms with Crippen molar-refractivity contribution >= 4 is 17.1 Å². The third-order valence-electron chi connectivity index (χ3n) is 2.12. The monoisotopic (exact) mass is 220 g/mol. The molecule has 0 aliphatic heterocycles. The molecule has 0 unspecified atom stereocenters. The van der Waals surface area contributed by atoms with E-state index in [-0.39, 0.29) is 0 Å². The maximum absolute atomic E-state index is 12.9. The first kappa shape index (κ1) is 10.4. The number of nitrogens with two attached hydrogens (primary N) is 1. The third-order valence-corrected chi connectivity index (χ3v) is 2.12. The van der Waals surface area contributed by atoms with E-state index in [0.717, 1.165) is 17.8 Å². The molecule has 0 radical (unpaired) electrons. The number of nitrogen functional groups attached to an aromatic ring is 1. The van der Waals surface area contributed by atoms with Gasteiger partial charge in [0, 0.05) is 23.1 Å². The molecule has 0 saturated carbocycles. The minimum atomic E-state index is -0.875. The summed E-state index contributed by atoms with van der Waals surface area (Å²) >= 11 is 0. The first-order valence-electron chi connectivity index (χ1n) is 4.73. The summed E-state index contributed by atoms with van der Waals surface area (Å²) in [6, 6.07) is 10.6. The zero-order valence-corrected chi connectivity index (χ0v) is 8.37. The van der Waals surface area contributed by atoms with Crippen LogP contribution in [0.4, 0.5) is 25.8 Å². The molecule has 2 aromatic rings. The molecule has 2 nitrogen and oxygen atoms in total. The third kappa shape index (κ3) is 2.28. The van der Waals surface area contributed by atoms with Gasteiger partial charge in [0.15, 0.2) is 11.6 Å². The van der Waals surface area contributed by atoms with E-state index >= 15 is 0 Å². The minimum Gasteiger partial charge on any atom is -0.399 e. The highest BCUT2D eigenvalue weighted by Gasteiger charge is 2.02. The first-order chi connectivity index (χ1) is 7.65. The van der Waals surface area contributed by atoms with Crippen molar-refractivity contribution < 1.29 is 8.78 Å². The van der Waals surface area contributed by atoms with E-state index in [1.165, 1.54) is 6.07 Å². The Hall–Kier alpha value is -2.10. The summed E-state index contributed by atoms with van der Waals surface area (Å²) in [4.78, 5) is 0. The molecule has 0 aliphatic carbocycles. The fraction of sp³-hybridized carbons (Fsp3) is 0. The Morgan fingerprint density at radius 2 is 1.44 bits per heavy atom. The second kappa shape index (κ2) is 4.18. The smallest absolute Gasteiger partial charge is 0.160 e. The summed E-state index contributed by atoms with van der Waals surface area (Å²) in [5.74, 6) is -1.73. The Kier molecular flexibility index (Phi) is 2.72. The summed E-state index contributed by atoms with van der Waals surface area (Å²) < 4.78 is 25.6. The summed E-state index contributed by atoms with van der Waals surface area (Å²) in [6.45, 7) is 0. The predicted molar refractivity (Wildman–Crippen MR) is 60.5 cm³/mol. The van der Waals surface area contributed by atoms with Crippen molar-refractivity contribution in [3.05, 3.63) is 54.1 Å². The fourth-order valence-electron chi connectivity index (χ4n) is 1.31. The maximum Gasteiger partial charge on any atom is 0.160 e. The van der Waals surface area contributed by atoms with Crippen LogP contribution in [0.5, 0.6) is 0 Å². The van der Waals surface area contributed by atoms with Gasteiger partial charge >= 0.3 is 0 Å². The summed E-state index contributed by atoms with van der Waals surface area (Å²) in [7, 11) is 0. The van der Waals surface area contributed by atoms with Crippen molar-refractivity contribution in [3.8, 4) is 0 Å². The van der Waals surface area contributed by atoms with E-state index in [2.05, 4.69) is 5.32 Å². The lowest BCUT2D eigenvalue weighted by Gasteiger charge is -2.06. The molecule has 0 heterocycles. The van der Waals surface area contributed by atoms with Crippen LogP contribution in [-0.4, -0.2) is 0 Å². The van der Waals surface area contributed by atoms with E-state index in [9.17, 15) is 8.78 Å². The highest BCUT2D eigenvalue weighted by molar-refractivity contribution is 5.61. The molecule has 0 spiro atoms. The summed E-state index contributed by atoms with van der Waals surface area (Å²) in [6.07, 6.45) is 0. The molecule has 0 saturated heterocycles. The van der Waals surface area contributed by atoms with Crippen molar-refractivity contribution in [3.63, 3.8) is 0 Å². The van der Waals surface area contributed by atoms with Crippen LogP contribution in [0.25, 0.3) is 0 Å². The lowest BCUT2D eigenvalue weighted by Crippen LogP contribution is -1.93. The van der Waals surface area contributed by atoms with E-state index in [4.69, 9.17) is 5.73 Å². The van der Waals surface area contributed by atoms with Gasteiger partial charge < -0.3 is 11.1 Å². The van der Waals surface area contributed by atoms with E-state index in [1.807, 2.05) is 0 Å². The Labute approximate surface area is 91.7 Å². The Morgan fingerprint density at radius 3 is 2.06 bits per heavy atom. The molecule has 0 bridgehead atoms. The van der Waals surface area contributed by atoms with Crippen molar-refractivity contribution in [2.45, 2.75) is 0 Å². The zero-order chi connectivity index (χ0) is 11.5. The zero-order valence-electron chi connectivity index (χ0n) is 8.37. The molecule has 0 aromatic heterocycles. The van der Waals surface area contributed by atoms with Gasteiger partial charge in [0.05, 0.1) is 0 Å². The number of halogens is 2. The second-order valence-corrected chi connectivity index (χ2v) is 3.38. The highest BCUT2D eigenvalue weighted by atomic mass is 19.2. The summed E-state index contributed by atoms with van der Waals surface area (Å²) in [5.41, 5.74) is 7.43. The average Bonchev–Trinajstić information content (AvgIpc) is 2.27. The van der Waals surface area contributed by atoms with Gasteiger partial charge in [0.25, 0.3) is 0 Å². The van der Waals surface area contributed by atoms with Crippen LogP contribution in [0.2, 0.25) is 0 Å². The van der Waals surface area contributed by atoms with Crippen LogP contribution in [0, 0.1) is 11.6 Å². The number of hydrogen-bond acceptors (Lipinski definition) is 2. The lowest BCUT2D eigenvalue weighted by atomic mass is 10.2. The van der Waals surface area contributed by atoms with Gasteiger partial charge in [-0.15, -0.1) is 0 Å². The Morgan fingerprint density at radius 1 is 0.812 bits per heavy atom. The number of hydrogen-bond donors (Lipinski definition) is 2. The number of rotatable bonds is 2. The molecular weight excluding hydrogens is 210 g/mol. The standard InChI is InChI=1S/C12H10F2N2/c13-11-6-5-10(7-12(11)14)16-9-3-1-8(15)2-4-9/h1-7,16H,15H2. The first-order valence-corrected chi connectivity index (χ1v) is 4.73. The van der Waals surface area contributed by atoms with Gasteiger partial charge in [0.1, 0.15) is 0 Å².